The Kier molecular flexibility index (Phi) is 8.07. The van der Waals surface area contributed by atoms with Crippen LogP contribution in [0.4, 0.5) is 0 Å². The third kappa shape index (κ3) is 5.18. The Labute approximate surface area is 218 Å². The molecule has 0 aromatic heterocycles. The minimum Gasteiger partial charge on any atom is -0.466 e. The van der Waals surface area contributed by atoms with E-state index >= 15 is 0 Å². The van der Waals surface area contributed by atoms with E-state index in [0.717, 1.165) is 57.8 Å². The molecule has 0 radical (unpaired) electrons. The number of carbonyl (C=O) groups is 3. The van der Waals surface area contributed by atoms with Crippen LogP contribution in [-0.2, 0) is 23.9 Å². The van der Waals surface area contributed by atoms with Gasteiger partial charge < -0.3 is 9.47 Å². The molecule has 0 aromatic carbocycles. The molecule has 0 bridgehead atoms. The second-order valence-corrected chi connectivity index (χ2v) is 13.2. The summed E-state index contributed by atoms with van der Waals surface area (Å²) < 4.78 is 10.7. The van der Waals surface area contributed by atoms with Gasteiger partial charge in [-0.2, -0.15) is 0 Å². The molecule has 0 heterocycles. The van der Waals surface area contributed by atoms with E-state index in [-0.39, 0.29) is 34.8 Å². The van der Waals surface area contributed by atoms with Crippen molar-refractivity contribution in [3.63, 3.8) is 0 Å². The molecule has 0 N–H and O–H groups in total. The predicted molar refractivity (Wildman–Crippen MR) is 140 cm³/mol. The van der Waals surface area contributed by atoms with Crippen LogP contribution in [-0.4, -0.2) is 30.4 Å². The first-order valence-corrected chi connectivity index (χ1v) is 14.5. The molecule has 4 aliphatic carbocycles. The van der Waals surface area contributed by atoms with Crippen LogP contribution in [0.5, 0.6) is 0 Å². The van der Waals surface area contributed by atoms with Crippen molar-refractivity contribution in [2.45, 2.75) is 112 Å². The zero-order chi connectivity index (χ0) is 26.3. The summed E-state index contributed by atoms with van der Waals surface area (Å²) in [6.45, 7) is 12.8. The lowest BCUT2D eigenvalue weighted by Crippen LogP contribution is -2.51. The fraction of sp³-hybridized carbons (Fsp3) is 0.839. The molecule has 5 heteroatoms. The van der Waals surface area contributed by atoms with Gasteiger partial charge in [0.05, 0.1) is 6.61 Å². The molecule has 1 unspecified atom stereocenters. The van der Waals surface area contributed by atoms with E-state index in [1.54, 1.807) is 0 Å². The lowest BCUT2D eigenvalue weighted by atomic mass is 9.47. The van der Waals surface area contributed by atoms with Crippen LogP contribution in [0.15, 0.2) is 11.6 Å². The number of Topliss-reactive ketones (excluding diaryl/α,β-unsaturated/α-hetero) is 1. The van der Waals surface area contributed by atoms with Gasteiger partial charge >= 0.3 is 11.9 Å². The largest absolute Gasteiger partial charge is 0.466 e. The molecule has 202 valence electrons. The molecule has 0 spiro atoms. The van der Waals surface area contributed by atoms with E-state index < -0.39 is 0 Å². The molecule has 4 aliphatic rings. The zero-order valence-electron chi connectivity index (χ0n) is 23.4. The summed E-state index contributed by atoms with van der Waals surface area (Å²) in [6.07, 6.45) is 12.8. The van der Waals surface area contributed by atoms with Crippen LogP contribution in [0.1, 0.15) is 106 Å². The third-order valence-electron chi connectivity index (χ3n) is 10.8. The Morgan fingerprint density at radius 1 is 1.03 bits per heavy atom. The van der Waals surface area contributed by atoms with E-state index in [2.05, 4.69) is 33.8 Å². The average molecular weight is 501 g/mol. The molecule has 4 rings (SSSR count). The van der Waals surface area contributed by atoms with E-state index in [1.807, 2.05) is 0 Å². The van der Waals surface area contributed by atoms with E-state index in [0.29, 0.717) is 42.0 Å². The summed E-state index contributed by atoms with van der Waals surface area (Å²) in [4.78, 5) is 36.1. The maximum atomic E-state index is 13.5. The molecule has 3 fully saturated rings. The number of allylic oxidation sites excluding steroid dienone is 1. The van der Waals surface area contributed by atoms with Crippen molar-refractivity contribution in [2.75, 3.05) is 6.61 Å². The molecule has 3 saturated carbocycles. The quantitative estimate of drug-likeness (QED) is 0.275. The minimum absolute atomic E-state index is 0.0299. The minimum atomic E-state index is -0.211. The standard InChI is InChI=1S/C31H48O5/c1-19(18-35-21(3)32)8-7-9-20(2)29-28(34)17-27-25-11-10-23-16-24(36-22(4)33)12-14-30(23,5)26(25)13-15-31(27,29)6/h10,19-20,24-27,29H,7-9,11-18H2,1-6H3/t19?,20-,24+,25-,26+,27+,29+,30+,31+/m1/s1. The Morgan fingerprint density at radius 3 is 2.47 bits per heavy atom. The van der Waals surface area contributed by atoms with E-state index in [1.165, 1.54) is 25.8 Å². The summed E-state index contributed by atoms with van der Waals surface area (Å²) in [6, 6.07) is 0. The van der Waals surface area contributed by atoms with Crippen molar-refractivity contribution in [3.05, 3.63) is 11.6 Å². The Bertz CT molecular complexity index is 891. The van der Waals surface area contributed by atoms with Gasteiger partial charge in [-0.1, -0.05) is 45.8 Å². The number of hydrogen-bond donors (Lipinski definition) is 0. The van der Waals surface area contributed by atoms with Crippen molar-refractivity contribution in [1.82, 2.24) is 0 Å². The SMILES string of the molecule is CC(=O)OCC(C)CCC[C@@H](C)[C@H]1C(=O)C[C@H]2[C@@H]3CC=C4C[C@@H](OC(C)=O)CC[C@]4(C)[C@H]3CC[C@]12C. The highest BCUT2D eigenvalue weighted by Crippen LogP contribution is 2.66. The monoisotopic (exact) mass is 500 g/mol. The Balaban J connectivity index is 1.41. The highest BCUT2D eigenvalue weighted by atomic mass is 16.5. The van der Waals surface area contributed by atoms with Gasteiger partial charge in [-0.25, -0.2) is 0 Å². The van der Waals surface area contributed by atoms with Crippen molar-refractivity contribution in [3.8, 4) is 0 Å². The van der Waals surface area contributed by atoms with Gasteiger partial charge in [-0.15, -0.1) is 0 Å². The highest BCUT2D eigenvalue weighted by molar-refractivity contribution is 5.85. The van der Waals surface area contributed by atoms with Crippen molar-refractivity contribution >= 4 is 17.7 Å². The molecule has 36 heavy (non-hydrogen) atoms. The summed E-state index contributed by atoms with van der Waals surface area (Å²) in [7, 11) is 0. The first kappa shape index (κ1) is 27.4. The smallest absolute Gasteiger partial charge is 0.302 e. The lowest BCUT2D eigenvalue weighted by Gasteiger charge is -2.58. The molecule has 0 saturated heterocycles. The first-order valence-electron chi connectivity index (χ1n) is 14.5. The molecular weight excluding hydrogens is 452 g/mol. The third-order valence-corrected chi connectivity index (χ3v) is 10.8. The van der Waals surface area contributed by atoms with E-state index in [4.69, 9.17) is 9.47 Å². The van der Waals surface area contributed by atoms with Gasteiger partial charge in [0.25, 0.3) is 0 Å². The second-order valence-electron chi connectivity index (χ2n) is 13.2. The average Bonchev–Trinajstić information content (AvgIpc) is 3.07. The van der Waals surface area contributed by atoms with Crippen molar-refractivity contribution in [1.29, 1.82) is 0 Å². The van der Waals surface area contributed by atoms with Crippen LogP contribution in [0, 0.1) is 46.3 Å². The molecule has 0 amide bonds. The van der Waals surface area contributed by atoms with E-state index in [9.17, 15) is 14.4 Å². The van der Waals surface area contributed by atoms with Gasteiger partial charge in [0, 0.05) is 32.6 Å². The summed E-state index contributed by atoms with van der Waals surface area (Å²) in [5, 5.41) is 0. The number of esters is 2. The summed E-state index contributed by atoms with van der Waals surface area (Å²) in [5.41, 5.74) is 1.80. The maximum Gasteiger partial charge on any atom is 0.302 e. The number of carbonyl (C=O) groups excluding carboxylic acids is 3. The van der Waals surface area contributed by atoms with Gasteiger partial charge in [-0.3, -0.25) is 14.4 Å². The van der Waals surface area contributed by atoms with Crippen molar-refractivity contribution < 1.29 is 23.9 Å². The molecule has 0 aromatic rings. The molecular formula is C31H48O5. The first-order chi connectivity index (χ1) is 17.0. The number of ether oxygens (including phenoxy) is 2. The summed E-state index contributed by atoms with van der Waals surface area (Å²) in [5.74, 6) is 2.76. The number of hydrogen-bond acceptors (Lipinski definition) is 5. The Morgan fingerprint density at radius 2 is 1.78 bits per heavy atom. The van der Waals surface area contributed by atoms with Gasteiger partial charge in [-0.05, 0) is 85.4 Å². The normalized spacial score (nSPS) is 39.2. The Hall–Kier alpha value is -1.65. The molecule has 9 atom stereocenters. The fourth-order valence-corrected chi connectivity index (χ4v) is 9.06. The number of rotatable bonds is 8. The van der Waals surface area contributed by atoms with Gasteiger partial charge in [0.2, 0.25) is 0 Å². The highest BCUT2D eigenvalue weighted by Gasteiger charge is 2.61. The van der Waals surface area contributed by atoms with Crippen LogP contribution in [0.2, 0.25) is 0 Å². The molecule has 0 aliphatic heterocycles. The van der Waals surface area contributed by atoms with Crippen LogP contribution >= 0.6 is 0 Å². The van der Waals surface area contributed by atoms with Crippen LogP contribution < -0.4 is 0 Å². The van der Waals surface area contributed by atoms with Crippen LogP contribution in [0.25, 0.3) is 0 Å². The topological polar surface area (TPSA) is 69.7 Å². The second kappa shape index (κ2) is 10.6. The zero-order valence-corrected chi connectivity index (χ0v) is 23.4. The number of fused-ring (bicyclic) bond motifs is 5. The maximum absolute atomic E-state index is 13.5. The van der Waals surface area contributed by atoms with Crippen molar-refractivity contribution in [2.24, 2.45) is 46.3 Å². The van der Waals surface area contributed by atoms with Gasteiger partial charge in [0.1, 0.15) is 11.9 Å². The fourth-order valence-electron chi connectivity index (χ4n) is 9.06. The van der Waals surface area contributed by atoms with Crippen LogP contribution in [0.3, 0.4) is 0 Å². The lowest BCUT2D eigenvalue weighted by molar-refractivity contribution is -0.149. The number of ketones is 1. The predicted octanol–water partition coefficient (Wildman–Crippen LogP) is 6.68. The van der Waals surface area contributed by atoms with Gasteiger partial charge in [0.15, 0.2) is 0 Å². The summed E-state index contributed by atoms with van der Waals surface area (Å²) >= 11 is 0. The molecule has 5 nitrogen and oxygen atoms in total.